The van der Waals surface area contributed by atoms with Crippen molar-refractivity contribution in [3.8, 4) is 0 Å². The quantitative estimate of drug-likeness (QED) is 0.499. The fraction of sp³-hybridized carbons (Fsp3) is 0.857. The lowest BCUT2D eigenvalue weighted by atomic mass is 10.3. The molecule has 5 nitrogen and oxygen atoms in total. The highest BCUT2D eigenvalue weighted by atomic mass is 31.2. The van der Waals surface area contributed by atoms with E-state index in [1.807, 2.05) is 6.92 Å². The molecule has 0 fully saturated rings. The topological polar surface area (TPSA) is 75.6 Å². The van der Waals surface area contributed by atoms with Crippen LogP contribution >= 0.6 is 7.60 Å². The maximum atomic E-state index is 11.0. The molecule has 0 aromatic rings. The van der Waals surface area contributed by atoms with Crippen molar-refractivity contribution >= 4 is 13.5 Å². The Morgan fingerprint density at radius 2 is 2.23 bits per heavy atom. The van der Waals surface area contributed by atoms with Gasteiger partial charge in [-0.25, -0.2) is 0 Å². The van der Waals surface area contributed by atoms with Crippen molar-refractivity contribution in [3.63, 3.8) is 0 Å². The maximum Gasteiger partial charge on any atom is 0.337 e. The van der Waals surface area contributed by atoms with Crippen LogP contribution in [0.2, 0.25) is 0 Å². The van der Waals surface area contributed by atoms with E-state index < -0.39 is 19.7 Å². The molecule has 0 aliphatic rings. The van der Waals surface area contributed by atoms with Gasteiger partial charge in [0.25, 0.3) is 0 Å². The summed E-state index contributed by atoms with van der Waals surface area (Å²) in [5, 5.41) is 2.52. The van der Waals surface area contributed by atoms with Gasteiger partial charge in [0, 0.05) is 13.7 Å². The van der Waals surface area contributed by atoms with Gasteiger partial charge >= 0.3 is 7.60 Å². The van der Waals surface area contributed by atoms with Crippen molar-refractivity contribution in [1.29, 1.82) is 0 Å². The Labute approximate surface area is 78.0 Å². The zero-order valence-electron chi connectivity index (χ0n) is 7.95. The third-order valence-corrected chi connectivity index (χ3v) is 2.74. The molecule has 2 N–H and O–H groups in total. The fourth-order valence-corrected chi connectivity index (χ4v) is 1.31. The normalized spacial score (nSPS) is 15.0. The van der Waals surface area contributed by atoms with Crippen molar-refractivity contribution in [2.24, 2.45) is 0 Å². The van der Waals surface area contributed by atoms with E-state index in [0.717, 1.165) is 20.0 Å². The first-order valence-corrected chi connectivity index (χ1v) is 5.92. The minimum Gasteiger partial charge on any atom is -0.356 e. The van der Waals surface area contributed by atoms with Gasteiger partial charge in [-0.1, -0.05) is 13.3 Å². The standard InChI is InChI=1S/C7H16NO4P/c1-3-4-5-8-7(9)6-13(10,11)12-2/h3-6H2,1-2H3,(H,8,9)(H,10,11). The molecular weight excluding hydrogens is 193 g/mol. The Kier molecular flexibility index (Phi) is 5.95. The highest BCUT2D eigenvalue weighted by molar-refractivity contribution is 7.53. The highest BCUT2D eigenvalue weighted by Crippen LogP contribution is 2.39. The van der Waals surface area contributed by atoms with E-state index in [2.05, 4.69) is 9.84 Å². The van der Waals surface area contributed by atoms with E-state index in [0.29, 0.717) is 6.54 Å². The Balaban J connectivity index is 3.68. The first-order valence-electron chi connectivity index (χ1n) is 4.16. The lowest BCUT2D eigenvalue weighted by molar-refractivity contribution is -0.118. The molecule has 0 heterocycles. The van der Waals surface area contributed by atoms with Crippen molar-refractivity contribution in [3.05, 3.63) is 0 Å². The van der Waals surface area contributed by atoms with Gasteiger partial charge in [0.05, 0.1) is 0 Å². The second kappa shape index (κ2) is 6.13. The van der Waals surface area contributed by atoms with Gasteiger partial charge in [0.15, 0.2) is 0 Å². The van der Waals surface area contributed by atoms with Crippen LogP contribution in [0.25, 0.3) is 0 Å². The number of carbonyl (C=O) groups excluding carboxylic acids is 1. The molecule has 0 aliphatic heterocycles. The van der Waals surface area contributed by atoms with Crippen LogP contribution in [-0.4, -0.2) is 30.6 Å². The Morgan fingerprint density at radius 1 is 1.62 bits per heavy atom. The third-order valence-electron chi connectivity index (χ3n) is 1.48. The van der Waals surface area contributed by atoms with E-state index in [1.54, 1.807) is 0 Å². The molecule has 0 bridgehead atoms. The summed E-state index contributed by atoms with van der Waals surface area (Å²) in [6.45, 7) is 2.54. The van der Waals surface area contributed by atoms with Crippen molar-refractivity contribution in [1.82, 2.24) is 5.32 Å². The molecule has 6 heteroatoms. The van der Waals surface area contributed by atoms with Crippen LogP contribution in [0.3, 0.4) is 0 Å². The minimum absolute atomic E-state index is 0.443. The van der Waals surface area contributed by atoms with E-state index in [9.17, 15) is 9.36 Å². The predicted octanol–water partition coefficient (Wildman–Crippen LogP) is 0.734. The van der Waals surface area contributed by atoms with Gasteiger partial charge < -0.3 is 14.7 Å². The summed E-state index contributed by atoms with van der Waals surface area (Å²) in [5.41, 5.74) is 0. The van der Waals surface area contributed by atoms with Gasteiger partial charge in [-0.3, -0.25) is 9.36 Å². The molecule has 0 aromatic carbocycles. The number of unbranched alkanes of at least 4 members (excludes halogenated alkanes) is 1. The highest BCUT2D eigenvalue weighted by Gasteiger charge is 2.21. The van der Waals surface area contributed by atoms with E-state index in [4.69, 9.17) is 4.89 Å². The average molecular weight is 209 g/mol. The van der Waals surface area contributed by atoms with Crippen LogP contribution in [0.1, 0.15) is 19.8 Å². The van der Waals surface area contributed by atoms with Crippen LogP contribution in [-0.2, 0) is 13.9 Å². The van der Waals surface area contributed by atoms with Crippen molar-refractivity contribution in [2.75, 3.05) is 19.8 Å². The van der Waals surface area contributed by atoms with Crippen LogP contribution in [0.5, 0.6) is 0 Å². The van der Waals surface area contributed by atoms with Crippen LogP contribution in [0.4, 0.5) is 0 Å². The molecule has 1 atom stereocenters. The lowest BCUT2D eigenvalue weighted by Gasteiger charge is -2.08. The first-order chi connectivity index (χ1) is 6.02. The molecule has 0 radical (unpaired) electrons. The molecular formula is C7H16NO4P. The second-order valence-corrected chi connectivity index (χ2v) is 4.64. The molecule has 0 saturated heterocycles. The van der Waals surface area contributed by atoms with Crippen LogP contribution in [0, 0.1) is 0 Å². The summed E-state index contributed by atoms with van der Waals surface area (Å²) < 4.78 is 15.2. The molecule has 0 aromatic heterocycles. The first kappa shape index (κ1) is 12.6. The zero-order valence-corrected chi connectivity index (χ0v) is 8.84. The molecule has 1 amide bonds. The Bertz CT molecular complexity index is 207. The van der Waals surface area contributed by atoms with Gasteiger partial charge in [-0.05, 0) is 6.42 Å². The SMILES string of the molecule is CCCCNC(=O)CP(=O)(O)OC. The lowest BCUT2D eigenvalue weighted by Crippen LogP contribution is -2.27. The number of hydrogen-bond acceptors (Lipinski definition) is 3. The number of carbonyl (C=O) groups is 1. The van der Waals surface area contributed by atoms with Gasteiger partial charge in [0.1, 0.15) is 6.16 Å². The molecule has 13 heavy (non-hydrogen) atoms. The summed E-state index contributed by atoms with van der Waals surface area (Å²) in [6, 6.07) is 0. The van der Waals surface area contributed by atoms with Gasteiger partial charge in [0.2, 0.25) is 5.91 Å². The number of rotatable bonds is 6. The second-order valence-electron chi connectivity index (χ2n) is 2.68. The molecule has 78 valence electrons. The minimum atomic E-state index is -3.69. The smallest absolute Gasteiger partial charge is 0.337 e. The summed E-state index contributed by atoms with van der Waals surface area (Å²) in [6.07, 6.45) is 1.38. The van der Waals surface area contributed by atoms with Crippen LogP contribution < -0.4 is 5.32 Å². The number of nitrogens with one attached hydrogen (secondary N) is 1. The van der Waals surface area contributed by atoms with E-state index >= 15 is 0 Å². The Hall–Kier alpha value is -0.380. The molecule has 1 unspecified atom stereocenters. The van der Waals surface area contributed by atoms with Gasteiger partial charge in [-0.15, -0.1) is 0 Å². The number of hydrogen-bond donors (Lipinski definition) is 2. The monoisotopic (exact) mass is 209 g/mol. The Morgan fingerprint density at radius 3 is 2.69 bits per heavy atom. The summed E-state index contributed by atoms with van der Waals surface area (Å²) in [4.78, 5) is 19.9. The summed E-state index contributed by atoms with van der Waals surface area (Å²) in [5.74, 6) is -0.443. The van der Waals surface area contributed by atoms with Crippen molar-refractivity contribution < 1.29 is 18.8 Å². The van der Waals surface area contributed by atoms with Crippen LogP contribution in [0.15, 0.2) is 0 Å². The molecule has 0 spiro atoms. The third kappa shape index (κ3) is 6.75. The number of amides is 1. The predicted molar refractivity (Wildman–Crippen MR) is 49.6 cm³/mol. The van der Waals surface area contributed by atoms with E-state index in [-0.39, 0.29) is 0 Å². The van der Waals surface area contributed by atoms with Gasteiger partial charge in [-0.2, -0.15) is 0 Å². The zero-order chi connectivity index (χ0) is 10.3. The van der Waals surface area contributed by atoms with E-state index in [1.165, 1.54) is 0 Å². The average Bonchev–Trinajstić information content (AvgIpc) is 2.04. The summed E-state index contributed by atoms with van der Waals surface area (Å²) >= 11 is 0. The molecule has 0 aliphatic carbocycles. The fourth-order valence-electron chi connectivity index (χ4n) is 0.707. The summed E-state index contributed by atoms with van der Waals surface area (Å²) in [7, 11) is -2.58. The molecule has 0 rings (SSSR count). The van der Waals surface area contributed by atoms with Crippen molar-refractivity contribution in [2.45, 2.75) is 19.8 Å². The molecule has 0 saturated carbocycles. The maximum absolute atomic E-state index is 11.0. The largest absolute Gasteiger partial charge is 0.356 e.